The van der Waals surface area contributed by atoms with Crippen LogP contribution in [-0.2, 0) is 35.5 Å². The molecule has 41 heavy (non-hydrogen) atoms. The van der Waals surface area contributed by atoms with Gasteiger partial charge >= 0.3 is 0 Å². The van der Waals surface area contributed by atoms with E-state index in [4.69, 9.17) is 0 Å². The first kappa shape index (κ1) is 30.0. The molecule has 0 aliphatic rings. The monoisotopic (exact) mass is 574 g/mol. The molecule has 4 rings (SSSR count). The summed E-state index contributed by atoms with van der Waals surface area (Å²) in [6.45, 7) is 0. The normalized spacial score (nSPS) is 11.5. The van der Waals surface area contributed by atoms with Gasteiger partial charge in [-0.25, -0.2) is 8.42 Å². The highest BCUT2D eigenvalue weighted by molar-refractivity contribution is 7.91. The van der Waals surface area contributed by atoms with Crippen molar-refractivity contribution >= 4 is 9.84 Å². The SMILES string of the molecule is O=S(=O)(c1ccccc1CCCCCc1ccc(O)cc1O)c1ccccc1CCCCCc1ccc(O)cc1O. The number of phenols is 4. The maximum atomic E-state index is 13.9. The first-order valence-electron chi connectivity index (χ1n) is 14.2. The molecule has 0 aliphatic heterocycles. The van der Waals surface area contributed by atoms with Crippen molar-refractivity contribution in [2.75, 3.05) is 0 Å². The van der Waals surface area contributed by atoms with Crippen LogP contribution in [0.4, 0.5) is 0 Å². The Morgan fingerprint density at radius 2 is 0.805 bits per heavy atom. The van der Waals surface area contributed by atoms with Crippen LogP contribution in [-0.4, -0.2) is 28.8 Å². The van der Waals surface area contributed by atoms with Gasteiger partial charge in [0.05, 0.1) is 9.79 Å². The highest BCUT2D eigenvalue weighted by atomic mass is 32.2. The first-order valence-corrected chi connectivity index (χ1v) is 15.7. The Hall–Kier alpha value is -3.97. The molecule has 7 heteroatoms. The van der Waals surface area contributed by atoms with Crippen LogP contribution >= 0.6 is 0 Å². The fourth-order valence-corrected chi connectivity index (χ4v) is 6.99. The molecule has 4 aromatic carbocycles. The van der Waals surface area contributed by atoms with E-state index < -0.39 is 9.84 Å². The summed E-state index contributed by atoms with van der Waals surface area (Å²) in [5.41, 5.74) is 3.20. The molecule has 0 saturated carbocycles. The minimum absolute atomic E-state index is 0.0393. The van der Waals surface area contributed by atoms with Crippen molar-refractivity contribution in [3.8, 4) is 23.0 Å². The molecule has 0 bridgehead atoms. The number of sulfone groups is 1. The minimum Gasteiger partial charge on any atom is -0.508 e. The quantitative estimate of drug-likeness (QED) is 0.118. The largest absolute Gasteiger partial charge is 0.508 e. The van der Waals surface area contributed by atoms with E-state index in [2.05, 4.69) is 0 Å². The third-order valence-corrected chi connectivity index (χ3v) is 9.40. The summed E-state index contributed by atoms with van der Waals surface area (Å²) in [5.74, 6) is 0.267. The van der Waals surface area contributed by atoms with Gasteiger partial charge in [0.2, 0.25) is 9.84 Å². The van der Waals surface area contributed by atoms with Crippen molar-refractivity contribution in [2.45, 2.75) is 74.0 Å². The Balaban J connectivity index is 1.34. The molecule has 0 aromatic heterocycles. The van der Waals surface area contributed by atoms with Crippen molar-refractivity contribution in [1.29, 1.82) is 0 Å². The molecule has 0 fully saturated rings. The Morgan fingerprint density at radius 1 is 0.439 bits per heavy atom. The second-order valence-corrected chi connectivity index (χ2v) is 12.4. The van der Waals surface area contributed by atoms with Gasteiger partial charge in [-0.15, -0.1) is 0 Å². The maximum Gasteiger partial charge on any atom is 0.207 e. The third kappa shape index (κ3) is 8.04. The molecular weight excluding hydrogens is 536 g/mol. The average Bonchev–Trinajstić information content (AvgIpc) is 2.95. The van der Waals surface area contributed by atoms with Gasteiger partial charge in [-0.2, -0.15) is 0 Å². The number of aromatic hydroxyl groups is 4. The smallest absolute Gasteiger partial charge is 0.207 e. The van der Waals surface area contributed by atoms with E-state index in [1.807, 2.05) is 24.3 Å². The standard InChI is InChI=1S/C34H38O6S/c35-29-21-19-25(31(37)23-29)11-3-1-5-13-27-15-7-9-17-33(27)41(39,40)34-18-10-8-16-28(34)14-6-2-4-12-26-20-22-30(36)24-32(26)38/h7-10,15-24,35-38H,1-6,11-14H2. The van der Waals surface area contributed by atoms with E-state index in [9.17, 15) is 28.8 Å². The molecule has 216 valence electrons. The molecule has 0 saturated heterocycles. The predicted octanol–water partition coefficient (Wildman–Crippen LogP) is 7.25. The lowest BCUT2D eigenvalue weighted by Crippen LogP contribution is -2.09. The van der Waals surface area contributed by atoms with Crippen LogP contribution in [0.25, 0.3) is 0 Å². The Morgan fingerprint density at radius 3 is 1.20 bits per heavy atom. The lowest BCUT2D eigenvalue weighted by molar-refractivity contribution is 0.444. The summed E-state index contributed by atoms with van der Waals surface area (Å²) in [4.78, 5) is 0.706. The van der Waals surface area contributed by atoms with Crippen molar-refractivity contribution in [2.24, 2.45) is 0 Å². The van der Waals surface area contributed by atoms with Gasteiger partial charge in [-0.05, 0) is 97.9 Å². The van der Waals surface area contributed by atoms with Crippen LogP contribution in [0.5, 0.6) is 23.0 Å². The lowest BCUT2D eigenvalue weighted by Gasteiger charge is -2.14. The molecule has 0 radical (unpaired) electrons. The molecule has 0 heterocycles. The topological polar surface area (TPSA) is 115 Å². The Bertz CT molecular complexity index is 1450. The van der Waals surface area contributed by atoms with Gasteiger partial charge in [0.25, 0.3) is 0 Å². The summed E-state index contributed by atoms with van der Waals surface area (Å²) in [7, 11) is -3.70. The molecule has 0 spiro atoms. The van der Waals surface area contributed by atoms with E-state index >= 15 is 0 Å². The van der Waals surface area contributed by atoms with Gasteiger partial charge < -0.3 is 20.4 Å². The number of aryl methyl sites for hydroxylation is 4. The van der Waals surface area contributed by atoms with Crippen LogP contribution < -0.4 is 0 Å². The number of benzene rings is 4. The van der Waals surface area contributed by atoms with Gasteiger partial charge in [0, 0.05) is 12.1 Å². The number of unbranched alkanes of at least 4 members (excludes halogenated alkanes) is 4. The highest BCUT2D eigenvalue weighted by Crippen LogP contribution is 2.30. The van der Waals surface area contributed by atoms with E-state index in [-0.39, 0.29) is 23.0 Å². The van der Waals surface area contributed by atoms with Crippen molar-refractivity contribution in [1.82, 2.24) is 0 Å². The second-order valence-electron chi connectivity index (χ2n) is 10.5. The zero-order valence-corrected chi connectivity index (χ0v) is 24.0. The van der Waals surface area contributed by atoms with E-state index in [1.54, 1.807) is 48.5 Å². The molecule has 4 N–H and O–H groups in total. The molecule has 4 aromatic rings. The summed E-state index contributed by atoms with van der Waals surface area (Å²) in [6.07, 6.45) is 7.77. The molecule has 0 unspecified atom stereocenters. The van der Waals surface area contributed by atoms with Crippen LogP contribution in [0.3, 0.4) is 0 Å². The third-order valence-electron chi connectivity index (χ3n) is 7.45. The first-order chi connectivity index (χ1) is 19.8. The highest BCUT2D eigenvalue weighted by Gasteiger charge is 2.23. The van der Waals surface area contributed by atoms with Gasteiger partial charge in [-0.3, -0.25) is 0 Å². The zero-order valence-electron chi connectivity index (χ0n) is 23.2. The summed E-state index contributed by atoms with van der Waals surface area (Å²) in [6, 6.07) is 23.7. The van der Waals surface area contributed by atoms with E-state index in [0.29, 0.717) is 35.5 Å². The molecule has 0 aliphatic carbocycles. The minimum atomic E-state index is -3.70. The van der Waals surface area contributed by atoms with Gasteiger partial charge in [-0.1, -0.05) is 61.4 Å². The summed E-state index contributed by atoms with van der Waals surface area (Å²) >= 11 is 0. The molecule has 6 nitrogen and oxygen atoms in total. The second kappa shape index (κ2) is 14.1. The predicted molar refractivity (Wildman–Crippen MR) is 160 cm³/mol. The van der Waals surface area contributed by atoms with Gasteiger partial charge in [0.1, 0.15) is 23.0 Å². The summed E-state index contributed by atoms with van der Waals surface area (Å²) < 4.78 is 27.7. The molecular formula is C34H38O6S. The van der Waals surface area contributed by atoms with Crippen molar-refractivity contribution in [3.63, 3.8) is 0 Å². The van der Waals surface area contributed by atoms with E-state index in [1.165, 1.54) is 12.1 Å². The zero-order chi connectivity index (χ0) is 29.2. The fraction of sp³-hybridized carbons (Fsp3) is 0.294. The number of rotatable bonds is 14. The molecule has 0 amide bonds. The summed E-state index contributed by atoms with van der Waals surface area (Å²) in [5, 5.41) is 38.9. The average molecular weight is 575 g/mol. The van der Waals surface area contributed by atoms with Crippen LogP contribution in [0.1, 0.15) is 60.8 Å². The molecule has 0 atom stereocenters. The van der Waals surface area contributed by atoms with E-state index in [0.717, 1.165) is 60.8 Å². The fourth-order valence-electron chi connectivity index (χ4n) is 5.21. The van der Waals surface area contributed by atoms with Crippen LogP contribution in [0.2, 0.25) is 0 Å². The lowest BCUT2D eigenvalue weighted by atomic mass is 10.0. The number of hydrogen-bond acceptors (Lipinski definition) is 6. The Labute approximate surface area is 242 Å². The number of phenolic OH excluding ortho intramolecular Hbond substituents is 4. The van der Waals surface area contributed by atoms with Gasteiger partial charge in [0.15, 0.2) is 0 Å². The number of hydrogen-bond donors (Lipinski definition) is 4. The van der Waals surface area contributed by atoms with Crippen LogP contribution in [0, 0.1) is 0 Å². The van der Waals surface area contributed by atoms with Crippen LogP contribution in [0.15, 0.2) is 94.7 Å². The Kier molecular flexibility index (Phi) is 10.3. The van der Waals surface area contributed by atoms with Crippen molar-refractivity contribution in [3.05, 3.63) is 107 Å². The maximum absolute atomic E-state index is 13.9. The van der Waals surface area contributed by atoms with Crippen molar-refractivity contribution < 1.29 is 28.8 Å².